The first-order chi connectivity index (χ1) is 16.7. The lowest BCUT2D eigenvalue weighted by Crippen LogP contribution is -2.30. The Kier molecular flexibility index (Phi) is 5.79. The Morgan fingerprint density at radius 2 is 1.83 bits per heavy atom. The van der Waals surface area contributed by atoms with Crippen LogP contribution in [0.5, 0.6) is 0 Å². The lowest BCUT2D eigenvalue weighted by atomic mass is 9.91. The zero-order chi connectivity index (χ0) is 24.7. The first-order valence-corrected chi connectivity index (χ1v) is 13.1. The Bertz CT molecular complexity index is 1620. The van der Waals surface area contributed by atoms with Crippen LogP contribution in [0.25, 0.3) is 11.2 Å². The van der Waals surface area contributed by atoms with Gasteiger partial charge in [-0.3, -0.25) is 19.1 Å². The van der Waals surface area contributed by atoms with Crippen LogP contribution in [0.2, 0.25) is 0 Å². The van der Waals surface area contributed by atoms with Crippen LogP contribution in [0.4, 0.5) is 10.1 Å². The van der Waals surface area contributed by atoms with Crippen LogP contribution < -0.4 is 16.0 Å². The molecule has 1 aliphatic carbocycles. The number of anilines is 1. The van der Waals surface area contributed by atoms with Crippen molar-refractivity contribution in [2.24, 2.45) is 5.92 Å². The van der Waals surface area contributed by atoms with Crippen molar-refractivity contribution in [2.75, 3.05) is 11.0 Å². The Balaban J connectivity index is 1.61. The topological polar surface area (TPSA) is 130 Å². The van der Waals surface area contributed by atoms with Crippen molar-refractivity contribution in [3.05, 3.63) is 92.1 Å². The second-order valence-corrected chi connectivity index (χ2v) is 10.7. The molecular formula is C24H24FN5O4S. The van der Waals surface area contributed by atoms with E-state index in [0.29, 0.717) is 29.5 Å². The molecule has 0 radical (unpaired) electrons. The Hall–Kier alpha value is -3.73. The van der Waals surface area contributed by atoms with Crippen molar-refractivity contribution in [2.45, 2.75) is 31.7 Å². The average molecular weight is 498 g/mol. The number of rotatable bonds is 8. The van der Waals surface area contributed by atoms with Crippen molar-refractivity contribution in [1.82, 2.24) is 19.5 Å². The third-order valence-electron chi connectivity index (χ3n) is 6.12. The molecule has 0 saturated heterocycles. The van der Waals surface area contributed by atoms with Gasteiger partial charge in [0, 0.05) is 18.2 Å². The standard InChI is InChI=1S/C24H24FN5O4S/c1-35(33,34)29-17-10-8-15(9-11-17)18(12-16-4-2-3-5-19(16)25)21-26-20-22(27-21)30(13-14-6-7-14)24(32)28-23(20)31/h2-5,8-11,14,18,29H,6-7,12-13H2,1H3,(H,26,27)(H,28,31,32). The number of hydrogen-bond donors (Lipinski definition) is 3. The summed E-state index contributed by atoms with van der Waals surface area (Å²) in [6.45, 7) is 0.472. The number of aromatic nitrogens is 4. The van der Waals surface area contributed by atoms with Gasteiger partial charge in [0.2, 0.25) is 10.0 Å². The molecule has 2 aromatic heterocycles. The van der Waals surface area contributed by atoms with E-state index in [0.717, 1.165) is 24.7 Å². The van der Waals surface area contributed by atoms with Crippen molar-refractivity contribution >= 4 is 26.9 Å². The molecule has 11 heteroatoms. The van der Waals surface area contributed by atoms with Gasteiger partial charge in [-0.25, -0.2) is 22.6 Å². The Morgan fingerprint density at radius 3 is 2.49 bits per heavy atom. The molecule has 1 unspecified atom stereocenters. The molecule has 2 aromatic carbocycles. The van der Waals surface area contributed by atoms with Crippen LogP contribution in [0.1, 0.15) is 35.7 Å². The van der Waals surface area contributed by atoms with Gasteiger partial charge in [0.25, 0.3) is 5.56 Å². The van der Waals surface area contributed by atoms with Gasteiger partial charge in [0.1, 0.15) is 17.2 Å². The molecular weight excluding hydrogens is 473 g/mol. The minimum atomic E-state index is -3.44. The fraction of sp³-hybridized carbons (Fsp3) is 0.292. The molecule has 1 fully saturated rings. The number of benzene rings is 2. The van der Waals surface area contributed by atoms with Crippen molar-refractivity contribution in [1.29, 1.82) is 0 Å². The van der Waals surface area contributed by atoms with Crippen molar-refractivity contribution in [3.63, 3.8) is 0 Å². The van der Waals surface area contributed by atoms with Gasteiger partial charge in [-0.1, -0.05) is 30.3 Å². The molecule has 3 N–H and O–H groups in total. The number of H-pyrrole nitrogens is 2. The van der Waals surface area contributed by atoms with E-state index in [1.165, 1.54) is 10.6 Å². The molecule has 1 saturated carbocycles. The van der Waals surface area contributed by atoms with Gasteiger partial charge in [0.05, 0.1) is 6.26 Å². The molecule has 0 bridgehead atoms. The fourth-order valence-electron chi connectivity index (χ4n) is 4.21. The average Bonchev–Trinajstić information content (AvgIpc) is 3.51. The van der Waals surface area contributed by atoms with Crippen LogP contribution in [0.3, 0.4) is 0 Å². The molecule has 5 rings (SSSR count). The van der Waals surface area contributed by atoms with Gasteiger partial charge < -0.3 is 4.98 Å². The molecule has 0 spiro atoms. The molecule has 0 amide bonds. The third-order valence-corrected chi connectivity index (χ3v) is 6.72. The van der Waals surface area contributed by atoms with Crippen LogP contribution in [-0.2, 0) is 23.0 Å². The number of halogens is 1. The minimum absolute atomic E-state index is 0.189. The van der Waals surface area contributed by atoms with Crippen molar-refractivity contribution < 1.29 is 12.8 Å². The predicted octanol–water partition coefficient (Wildman–Crippen LogP) is 2.71. The Labute approximate surface area is 200 Å². The van der Waals surface area contributed by atoms with E-state index in [2.05, 4.69) is 19.7 Å². The number of aromatic amines is 2. The highest BCUT2D eigenvalue weighted by atomic mass is 32.2. The number of nitrogens with zero attached hydrogens (tertiary/aromatic N) is 2. The van der Waals surface area contributed by atoms with Crippen LogP contribution >= 0.6 is 0 Å². The highest BCUT2D eigenvalue weighted by Crippen LogP contribution is 2.32. The number of nitrogens with one attached hydrogen (secondary N) is 3. The summed E-state index contributed by atoms with van der Waals surface area (Å²) >= 11 is 0. The van der Waals surface area contributed by atoms with Gasteiger partial charge in [-0.2, -0.15) is 0 Å². The molecule has 2 heterocycles. The molecule has 182 valence electrons. The van der Waals surface area contributed by atoms with E-state index in [1.807, 2.05) is 0 Å². The normalized spacial score (nSPS) is 14.8. The second-order valence-electron chi connectivity index (χ2n) is 8.98. The SMILES string of the molecule is CS(=O)(=O)Nc1ccc(C(Cc2ccccc2F)c2nc3c([nH]2)c(=O)[nH]c(=O)n3CC2CC2)cc1. The summed E-state index contributed by atoms with van der Waals surface area (Å²) in [7, 11) is -3.44. The number of hydrogen-bond acceptors (Lipinski definition) is 5. The van der Waals surface area contributed by atoms with Gasteiger partial charge >= 0.3 is 5.69 Å². The minimum Gasteiger partial charge on any atom is -0.336 e. The van der Waals surface area contributed by atoms with E-state index in [4.69, 9.17) is 0 Å². The molecule has 4 aromatic rings. The van der Waals surface area contributed by atoms with Crippen LogP contribution in [0, 0.1) is 11.7 Å². The van der Waals surface area contributed by atoms with Crippen LogP contribution in [-0.4, -0.2) is 34.2 Å². The smallest absolute Gasteiger partial charge is 0.330 e. The summed E-state index contributed by atoms with van der Waals surface area (Å²) in [6, 6.07) is 13.1. The molecule has 0 aliphatic heterocycles. The summed E-state index contributed by atoms with van der Waals surface area (Å²) in [5.74, 6) is -0.0679. The largest absolute Gasteiger partial charge is 0.336 e. The first kappa shape index (κ1) is 23.0. The van der Waals surface area contributed by atoms with Gasteiger partial charge in [-0.15, -0.1) is 0 Å². The monoisotopic (exact) mass is 497 g/mol. The fourth-order valence-corrected chi connectivity index (χ4v) is 4.77. The van der Waals surface area contributed by atoms with Crippen LogP contribution in [0.15, 0.2) is 58.1 Å². The van der Waals surface area contributed by atoms with E-state index >= 15 is 0 Å². The number of fused-ring (bicyclic) bond motifs is 1. The predicted molar refractivity (Wildman–Crippen MR) is 131 cm³/mol. The summed E-state index contributed by atoms with van der Waals surface area (Å²) in [5.41, 5.74) is 0.978. The summed E-state index contributed by atoms with van der Waals surface area (Å²) < 4.78 is 41.6. The summed E-state index contributed by atoms with van der Waals surface area (Å²) in [6.07, 6.45) is 3.34. The van der Waals surface area contributed by atoms with Gasteiger partial charge in [-0.05, 0) is 54.5 Å². The second kappa shape index (κ2) is 8.81. The highest BCUT2D eigenvalue weighted by molar-refractivity contribution is 7.92. The maximum atomic E-state index is 14.6. The highest BCUT2D eigenvalue weighted by Gasteiger charge is 2.26. The molecule has 35 heavy (non-hydrogen) atoms. The summed E-state index contributed by atoms with van der Waals surface area (Å²) in [4.78, 5) is 35.1. The number of imidazole rings is 1. The van der Waals surface area contributed by atoms with E-state index < -0.39 is 27.2 Å². The van der Waals surface area contributed by atoms with E-state index in [1.54, 1.807) is 42.5 Å². The van der Waals surface area contributed by atoms with Crippen molar-refractivity contribution in [3.8, 4) is 0 Å². The molecule has 1 aliphatic rings. The Morgan fingerprint density at radius 1 is 1.11 bits per heavy atom. The zero-order valence-corrected chi connectivity index (χ0v) is 19.7. The lowest BCUT2D eigenvalue weighted by Gasteiger charge is -2.16. The molecule has 9 nitrogen and oxygen atoms in total. The van der Waals surface area contributed by atoms with E-state index in [9.17, 15) is 22.4 Å². The molecule has 1 atom stereocenters. The third kappa shape index (κ3) is 5.04. The quantitative estimate of drug-likeness (QED) is 0.345. The van der Waals surface area contributed by atoms with E-state index in [-0.39, 0.29) is 23.4 Å². The lowest BCUT2D eigenvalue weighted by molar-refractivity contribution is 0.597. The maximum absolute atomic E-state index is 14.6. The summed E-state index contributed by atoms with van der Waals surface area (Å²) in [5, 5.41) is 0. The first-order valence-electron chi connectivity index (χ1n) is 11.2. The van der Waals surface area contributed by atoms with Gasteiger partial charge in [0.15, 0.2) is 5.65 Å². The number of sulfonamides is 1. The maximum Gasteiger partial charge on any atom is 0.330 e. The zero-order valence-electron chi connectivity index (χ0n) is 18.9.